The van der Waals surface area contributed by atoms with E-state index in [1.807, 2.05) is 0 Å². The highest BCUT2D eigenvalue weighted by atomic mass is 16.4. The first-order chi connectivity index (χ1) is 8.56. The molecule has 0 aliphatic carbocycles. The smallest absolute Gasteiger partial charge is 0.340 e. The molecule has 0 bridgehead atoms. The van der Waals surface area contributed by atoms with E-state index in [9.17, 15) is 9.59 Å². The molecule has 0 aromatic heterocycles. The van der Waals surface area contributed by atoms with E-state index >= 15 is 0 Å². The number of carboxylic acid groups (broad SMARTS) is 2. The molecule has 94 valence electrons. The number of aliphatic carboxylic acids is 2. The monoisotopic (exact) mass is 248 g/mol. The molecule has 1 rings (SSSR count). The second-order valence-electron chi connectivity index (χ2n) is 3.57. The van der Waals surface area contributed by atoms with Crippen LogP contribution in [-0.2, 0) is 16.0 Å². The van der Waals surface area contributed by atoms with Crippen molar-refractivity contribution in [1.29, 1.82) is 0 Å². The summed E-state index contributed by atoms with van der Waals surface area (Å²) in [4.78, 5) is 22.0. The average Bonchev–Trinajstić information content (AvgIpc) is 2.34. The van der Waals surface area contributed by atoms with Crippen LogP contribution in [0.5, 0.6) is 0 Å². The summed E-state index contributed by atoms with van der Waals surface area (Å²) in [5, 5.41) is 26.5. The van der Waals surface area contributed by atoms with Crippen LogP contribution < -0.4 is 0 Å². The molecule has 1 unspecified atom stereocenters. The second kappa shape index (κ2) is 6.27. The van der Waals surface area contributed by atoms with Gasteiger partial charge in [0.25, 0.3) is 0 Å². The van der Waals surface area contributed by atoms with E-state index < -0.39 is 23.4 Å². The van der Waals surface area contributed by atoms with Crippen LogP contribution in [0.4, 0.5) is 0 Å². The van der Waals surface area contributed by atoms with E-state index in [2.05, 4.69) is 5.73 Å². The molecule has 0 heterocycles. The number of rotatable bonds is 5. The van der Waals surface area contributed by atoms with Crippen LogP contribution in [0, 0.1) is 5.92 Å². The Morgan fingerprint density at radius 3 is 2.28 bits per heavy atom. The lowest BCUT2D eigenvalue weighted by molar-refractivity contribution is -0.143. The fourth-order valence-electron chi connectivity index (χ4n) is 1.54. The van der Waals surface area contributed by atoms with Gasteiger partial charge in [0.05, 0.1) is 5.57 Å². The fourth-order valence-corrected chi connectivity index (χ4v) is 1.54. The van der Waals surface area contributed by atoms with Crippen LogP contribution in [0.2, 0.25) is 0 Å². The van der Waals surface area contributed by atoms with Gasteiger partial charge in [-0.1, -0.05) is 36.1 Å². The standard InChI is InChI=1S/C13H12O5/c14-7-6-10(12(15)16)11(13(17)18)8-9-4-2-1-3-5-9/h1-5,7,11,14H,8H2,(H,15,16)(H,17,18). The molecule has 0 saturated carbocycles. The molecule has 0 saturated heterocycles. The number of carbonyl (C=O) groups is 2. The van der Waals surface area contributed by atoms with Crippen molar-refractivity contribution in [3.63, 3.8) is 0 Å². The topological polar surface area (TPSA) is 94.8 Å². The Morgan fingerprint density at radius 2 is 1.83 bits per heavy atom. The molecule has 3 N–H and O–H groups in total. The summed E-state index contributed by atoms with van der Waals surface area (Å²) < 4.78 is 0. The lowest BCUT2D eigenvalue weighted by Gasteiger charge is -2.11. The molecule has 0 radical (unpaired) electrons. The van der Waals surface area contributed by atoms with Crippen molar-refractivity contribution in [1.82, 2.24) is 0 Å². The number of aliphatic hydroxyl groups excluding tert-OH is 1. The van der Waals surface area contributed by atoms with Gasteiger partial charge in [-0.25, -0.2) is 4.79 Å². The van der Waals surface area contributed by atoms with Gasteiger partial charge in [-0.05, 0) is 12.0 Å². The molecule has 0 fully saturated rings. The van der Waals surface area contributed by atoms with Crippen LogP contribution in [0.3, 0.4) is 0 Å². The lowest BCUT2D eigenvalue weighted by atomic mass is 9.92. The molecule has 18 heavy (non-hydrogen) atoms. The van der Waals surface area contributed by atoms with Crippen molar-refractivity contribution in [3.8, 4) is 0 Å². The van der Waals surface area contributed by atoms with E-state index in [1.54, 1.807) is 30.3 Å². The summed E-state index contributed by atoms with van der Waals surface area (Å²) in [7, 11) is 0. The second-order valence-corrected chi connectivity index (χ2v) is 3.57. The Bertz CT molecular complexity index is 497. The van der Waals surface area contributed by atoms with E-state index in [1.165, 1.54) is 0 Å². The zero-order chi connectivity index (χ0) is 13.5. The zero-order valence-corrected chi connectivity index (χ0v) is 9.41. The minimum Gasteiger partial charge on any atom is -0.507 e. The molecule has 0 aliphatic heterocycles. The molecule has 5 heteroatoms. The quantitative estimate of drug-likeness (QED) is 0.418. The largest absolute Gasteiger partial charge is 0.507 e. The normalized spacial score (nSPS) is 11.1. The van der Waals surface area contributed by atoms with Crippen LogP contribution in [0.25, 0.3) is 0 Å². The molecular formula is C13H12O5. The maximum Gasteiger partial charge on any atom is 0.340 e. The van der Waals surface area contributed by atoms with Crippen LogP contribution in [0.15, 0.2) is 47.9 Å². The van der Waals surface area contributed by atoms with Gasteiger partial charge < -0.3 is 15.3 Å². The van der Waals surface area contributed by atoms with Crippen molar-refractivity contribution in [2.75, 3.05) is 0 Å². The summed E-state index contributed by atoms with van der Waals surface area (Å²) in [6.45, 7) is 0. The highest BCUT2D eigenvalue weighted by molar-refractivity contribution is 5.93. The van der Waals surface area contributed by atoms with Gasteiger partial charge in [0.2, 0.25) is 0 Å². The van der Waals surface area contributed by atoms with Crippen LogP contribution >= 0.6 is 0 Å². The first kappa shape index (κ1) is 13.5. The molecule has 5 nitrogen and oxygen atoms in total. The molecule has 1 atom stereocenters. The molecular weight excluding hydrogens is 236 g/mol. The zero-order valence-electron chi connectivity index (χ0n) is 9.41. The Hall–Kier alpha value is -2.52. The van der Waals surface area contributed by atoms with E-state index in [0.717, 1.165) is 0 Å². The first-order valence-corrected chi connectivity index (χ1v) is 5.15. The van der Waals surface area contributed by atoms with Gasteiger partial charge in [0, 0.05) is 0 Å². The number of hydrogen-bond donors (Lipinski definition) is 3. The number of benzene rings is 1. The van der Waals surface area contributed by atoms with Gasteiger partial charge >= 0.3 is 11.9 Å². The Kier molecular flexibility index (Phi) is 4.72. The van der Waals surface area contributed by atoms with Crippen molar-refractivity contribution < 1.29 is 24.9 Å². The maximum absolute atomic E-state index is 11.1. The van der Waals surface area contributed by atoms with Crippen molar-refractivity contribution >= 4 is 11.9 Å². The van der Waals surface area contributed by atoms with E-state index in [0.29, 0.717) is 11.8 Å². The lowest BCUT2D eigenvalue weighted by Crippen LogP contribution is -2.23. The summed E-state index contributed by atoms with van der Waals surface area (Å²) >= 11 is 0. The van der Waals surface area contributed by atoms with Crippen molar-refractivity contribution in [3.05, 3.63) is 53.5 Å². The highest BCUT2D eigenvalue weighted by Crippen LogP contribution is 2.17. The average molecular weight is 248 g/mol. The van der Waals surface area contributed by atoms with E-state index in [-0.39, 0.29) is 6.42 Å². The highest BCUT2D eigenvalue weighted by Gasteiger charge is 2.27. The third-order valence-corrected chi connectivity index (χ3v) is 2.38. The Morgan fingerprint density at radius 1 is 1.22 bits per heavy atom. The number of hydrogen-bond acceptors (Lipinski definition) is 3. The van der Waals surface area contributed by atoms with Gasteiger partial charge in [-0.3, -0.25) is 4.79 Å². The number of aliphatic hydroxyl groups is 1. The molecule has 1 aromatic carbocycles. The maximum atomic E-state index is 11.1. The predicted molar refractivity (Wildman–Crippen MR) is 63.1 cm³/mol. The van der Waals surface area contributed by atoms with Gasteiger partial charge in [0.15, 0.2) is 0 Å². The van der Waals surface area contributed by atoms with Crippen LogP contribution in [-0.4, -0.2) is 27.3 Å². The number of carboxylic acids is 2. The first-order valence-electron chi connectivity index (χ1n) is 5.15. The SMILES string of the molecule is O=C(O)C(=C=CO)C(Cc1ccccc1)C(=O)O. The third-order valence-electron chi connectivity index (χ3n) is 2.38. The van der Waals surface area contributed by atoms with Crippen molar-refractivity contribution in [2.24, 2.45) is 5.92 Å². The molecule has 1 aromatic rings. The summed E-state index contributed by atoms with van der Waals surface area (Å²) in [6.07, 6.45) is 0.434. The summed E-state index contributed by atoms with van der Waals surface area (Å²) in [5.41, 5.74) is 2.27. The predicted octanol–water partition coefficient (Wildman–Crippen LogP) is 1.61. The Labute approximate surface area is 103 Å². The van der Waals surface area contributed by atoms with Gasteiger partial charge in [-0.2, -0.15) is 0 Å². The summed E-state index contributed by atoms with van der Waals surface area (Å²) in [6, 6.07) is 8.66. The van der Waals surface area contributed by atoms with Crippen LogP contribution in [0.1, 0.15) is 5.56 Å². The molecule has 0 spiro atoms. The van der Waals surface area contributed by atoms with E-state index in [4.69, 9.17) is 15.3 Å². The van der Waals surface area contributed by atoms with Gasteiger partial charge in [0.1, 0.15) is 12.2 Å². The van der Waals surface area contributed by atoms with Gasteiger partial charge in [-0.15, -0.1) is 0 Å². The van der Waals surface area contributed by atoms with Crippen molar-refractivity contribution in [2.45, 2.75) is 6.42 Å². The fraction of sp³-hybridized carbons (Fsp3) is 0.154. The summed E-state index contributed by atoms with van der Waals surface area (Å²) in [5.74, 6) is -3.94. The Balaban J connectivity index is 3.07. The minimum absolute atomic E-state index is 0.0264. The minimum atomic E-state index is -1.41. The molecule has 0 aliphatic rings. The third kappa shape index (κ3) is 3.50. The molecule has 0 amide bonds.